The molecule has 102 valence electrons. The molecule has 0 fully saturated rings. The van der Waals surface area contributed by atoms with Crippen LogP contribution in [-0.4, -0.2) is 9.55 Å². The third-order valence-electron chi connectivity index (χ3n) is 4.79. The Hall–Kier alpha value is -2.42. The fraction of sp³-hybridized carbons (Fsp3) is 0.222. The summed E-state index contributed by atoms with van der Waals surface area (Å²) in [6.45, 7) is 2.23. The Morgan fingerprint density at radius 2 is 2.05 bits per heavy atom. The first-order valence-electron chi connectivity index (χ1n) is 7.42. The lowest BCUT2D eigenvalue weighted by Crippen LogP contribution is -2.30. The van der Waals surface area contributed by atoms with Crippen LogP contribution < -0.4 is 4.57 Å². The minimum atomic E-state index is 0.935. The van der Waals surface area contributed by atoms with Crippen LogP contribution in [0.2, 0.25) is 0 Å². The van der Waals surface area contributed by atoms with E-state index >= 15 is 0 Å². The molecule has 2 aromatic heterocycles. The summed E-state index contributed by atoms with van der Waals surface area (Å²) in [5.41, 5.74) is 9.30. The molecular weight excluding hydrogens is 258 g/mol. The zero-order valence-electron chi connectivity index (χ0n) is 12.2. The molecule has 1 aliphatic heterocycles. The van der Waals surface area contributed by atoms with Crippen molar-refractivity contribution >= 4 is 16.7 Å². The number of hydrogen-bond donors (Lipinski definition) is 0. The van der Waals surface area contributed by atoms with Gasteiger partial charge < -0.3 is 0 Å². The molecule has 3 heterocycles. The lowest BCUT2D eigenvalue weighted by molar-refractivity contribution is -0.647. The summed E-state index contributed by atoms with van der Waals surface area (Å²) in [5, 5.41) is 0. The first-order valence-corrected chi connectivity index (χ1v) is 7.42. The number of fused-ring (bicyclic) bond motifs is 7. The highest BCUT2D eigenvalue weighted by molar-refractivity contribution is 5.84. The molecule has 0 spiro atoms. The number of benzene rings is 1. The van der Waals surface area contributed by atoms with Crippen LogP contribution >= 0.6 is 0 Å². The quantitative estimate of drug-likeness (QED) is 0.452. The molecule has 0 saturated carbocycles. The van der Waals surface area contributed by atoms with E-state index in [1.54, 1.807) is 0 Å². The average Bonchev–Trinajstić information content (AvgIpc) is 3.10. The second-order valence-corrected chi connectivity index (χ2v) is 6.07. The Bertz CT molecular complexity index is 960. The van der Waals surface area contributed by atoms with Crippen LogP contribution in [0.3, 0.4) is 0 Å². The smallest absolute Gasteiger partial charge is 0.235 e. The maximum Gasteiger partial charge on any atom is 0.314 e. The maximum atomic E-state index is 4.84. The van der Waals surface area contributed by atoms with Gasteiger partial charge in [0.05, 0.1) is 19.7 Å². The summed E-state index contributed by atoms with van der Waals surface area (Å²) in [6.07, 6.45) is 6.43. The maximum absolute atomic E-state index is 4.84. The van der Waals surface area contributed by atoms with Gasteiger partial charge in [-0.1, -0.05) is 18.2 Å². The van der Waals surface area contributed by atoms with Gasteiger partial charge in [0.25, 0.3) is 0 Å². The Morgan fingerprint density at radius 1 is 1.19 bits per heavy atom. The Morgan fingerprint density at radius 3 is 2.95 bits per heavy atom. The van der Waals surface area contributed by atoms with Crippen LogP contribution in [0.4, 0.5) is 0 Å². The number of aryl methyl sites for hydroxylation is 1. The van der Waals surface area contributed by atoms with Gasteiger partial charge in [0.15, 0.2) is 5.52 Å². The molecule has 3 nitrogen and oxygen atoms in total. The first kappa shape index (κ1) is 11.3. The third-order valence-corrected chi connectivity index (χ3v) is 4.79. The number of rotatable bonds is 0. The van der Waals surface area contributed by atoms with Gasteiger partial charge in [0, 0.05) is 11.1 Å². The molecule has 0 saturated heterocycles. The Kier molecular flexibility index (Phi) is 1.94. The van der Waals surface area contributed by atoms with E-state index in [0.29, 0.717) is 0 Å². The number of imidazole rings is 1. The third kappa shape index (κ3) is 1.29. The van der Waals surface area contributed by atoms with Crippen molar-refractivity contribution in [3.05, 3.63) is 59.1 Å². The van der Waals surface area contributed by atoms with Crippen molar-refractivity contribution in [1.82, 2.24) is 9.55 Å². The highest BCUT2D eigenvalue weighted by Gasteiger charge is 2.34. The largest absolute Gasteiger partial charge is 0.314 e. The minimum absolute atomic E-state index is 0.935. The molecular formula is C18H16N3+. The van der Waals surface area contributed by atoms with Crippen LogP contribution in [0.15, 0.2) is 36.5 Å². The SMILES string of the molecule is CC1=CCc2ccc3c(c21)-n1c(nc2ccc[n+](C)c21)C3. The van der Waals surface area contributed by atoms with Gasteiger partial charge in [-0.2, -0.15) is 4.57 Å². The van der Waals surface area contributed by atoms with Crippen molar-refractivity contribution < 1.29 is 4.57 Å². The highest BCUT2D eigenvalue weighted by atomic mass is 15.2. The van der Waals surface area contributed by atoms with Gasteiger partial charge in [-0.25, -0.2) is 9.55 Å². The summed E-state index contributed by atoms with van der Waals surface area (Å²) < 4.78 is 4.54. The normalized spacial score (nSPS) is 15.0. The Labute approximate surface area is 123 Å². The number of pyridine rings is 1. The van der Waals surface area contributed by atoms with Crippen LogP contribution in [0.1, 0.15) is 29.4 Å². The molecule has 3 heteroatoms. The summed E-state index contributed by atoms with van der Waals surface area (Å²) in [5.74, 6) is 1.16. The van der Waals surface area contributed by atoms with Gasteiger partial charge in [-0.05, 0) is 36.6 Å². The molecule has 0 bridgehead atoms. The molecule has 0 radical (unpaired) electrons. The number of aromatic nitrogens is 3. The zero-order chi connectivity index (χ0) is 14.1. The van der Waals surface area contributed by atoms with Crippen molar-refractivity contribution in [3.63, 3.8) is 0 Å². The molecule has 5 rings (SSSR count). The lowest BCUT2D eigenvalue weighted by atomic mass is 9.99. The second kappa shape index (κ2) is 3.61. The van der Waals surface area contributed by atoms with Gasteiger partial charge >= 0.3 is 5.65 Å². The monoisotopic (exact) mass is 274 g/mol. The predicted octanol–water partition coefficient (Wildman–Crippen LogP) is 2.71. The lowest BCUT2D eigenvalue weighted by Gasteiger charge is -2.08. The standard InChI is InChI=1S/C18H16N3/c1-11-5-6-12-7-8-13-10-15-19-14-4-3-9-20(2)18(14)21(15)17(13)16(11)12/h3-5,7-9H,6,10H2,1-2H3/q+1. The topological polar surface area (TPSA) is 21.7 Å². The number of hydrogen-bond acceptors (Lipinski definition) is 1. The van der Waals surface area contributed by atoms with E-state index in [-0.39, 0.29) is 0 Å². The van der Waals surface area contributed by atoms with E-state index in [4.69, 9.17) is 4.98 Å². The fourth-order valence-corrected chi connectivity index (χ4v) is 3.83. The van der Waals surface area contributed by atoms with Crippen molar-refractivity contribution in [2.75, 3.05) is 0 Å². The van der Waals surface area contributed by atoms with Gasteiger partial charge in [0.2, 0.25) is 5.82 Å². The van der Waals surface area contributed by atoms with Crippen molar-refractivity contribution in [1.29, 1.82) is 0 Å². The van der Waals surface area contributed by atoms with E-state index in [1.807, 2.05) is 0 Å². The van der Waals surface area contributed by atoms with Crippen LogP contribution in [0, 0.1) is 0 Å². The van der Waals surface area contributed by atoms with Crippen molar-refractivity contribution in [2.24, 2.45) is 7.05 Å². The highest BCUT2D eigenvalue weighted by Crippen LogP contribution is 2.40. The van der Waals surface area contributed by atoms with Crippen molar-refractivity contribution in [2.45, 2.75) is 19.8 Å². The zero-order valence-corrected chi connectivity index (χ0v) is 12.2. The number of nitrogens with zero attached hydrogens (tertiary/aromatic N) is 3. The second-order valence-electron chi connectivity index (χ2n) is 6.07. The van der Waals surface area contributed by atoms with Gasteiger partial charge in [-0.15, -0.1) is 0 Å². The molecule has 2 aliphatic rings. The molecule has 1 aromatic carbocycles. The number of allylic oxidation sites excluding steroid dienone is 2. The molecule has 1 aliphatic carbocycles. The van der Waals surface area contributed by atoms with Crippen LogP contribution in [0.5, 0.6) is 0 Å². The molecule has 3 aromatic rings. The van der Waals surface area contributed by atoms with E-state index < -0.39 is 0 Å². The molecule has 0 unspecified atom stereocenters. The van der Waals surface area contributed by atoms with Crippen molar-refractivity contribution in [3.8, 4) is 5.69 Å². The van der Waals surface area contributed by atoms with Gasteiger partial charge in [-0.3, -0.25) is 0 Å². The fourth-order valence-electron chi connectivity index (χ4n) is 3.83. The molecule has 0 atom stereocenters. The summed E-state index contributed by atoms with van der Waals surface area (Å²) >= 11 is 0. The molecule has 21 heavy (non-hydrogen) atoms. The average molecular weight is 274 g/mol. The van der Waals surface area contributed by atoms with E-state index in [1.165, 1.54) is 33.6 Å². The van der Waals surface area contributed by atoms with Crippen LogP contribution in [-0.2, 0) is 19.9 Å². The summed E-state index contributed by atoms with van der Waals surface area (Å²) in [4.78, 5) is 4.84. The van der Waals surface area contributed by atoms with E-state index in [2.05, 4.69) is 59.6 Å². The van der Waals surface area contributed by atoms with Crippen LogP contribution in [0.25, 0.3) is 22.4 Å². The van der Waals surface area contributed by atoms with E-state index in [9.17, 15) is 0 Å². The Balaban J connectivity index is 1.96. The predicted molar refractivity (Wildman–Crippen MR) is 82.4 cm³/mol. The summed E-state index contributed by atoms with van der Waals surface area (Å²) in [7, 11) is 2.10. The van der Waals surface area contributed by atoms with E-state index in [0.717, 1.165) is 24.2 Å². The summed E-state index contributed by atoms with van der Waals surface area (Å²) in [6, 6.07) is 8.73. The van der Waals surface area contributed by atoms with Gasteiger partial charge in [0.1, 0.15) is 5.69 Å². The minimum Gasteiger partial charge on any atom is -0.235 e. The molecule has 0 N–H and O–H groups in total. The molecule has 0 amide bonds. The first-order chi connectivity index (χ1) is 10.2.